The van der Waals surface area contributed by atoms with Gasteiger partial charge >= 0.3 is 0 Å². The predicted molar refractivity (Wildman–Crippen MR) is 71.1 cm³/mol. The predicted octanol–water partition coefficient (Wildman–Crippen LogP) is 3.40. The number of benzene rings is 1. The highest BCUT2D eigenvalue weighted by Crippen LogP contribution is 2.21. The fourth-order valence-corrected chi connectivity index (χ4v) is 1.88. The number of halogens is 2. The van der Waals surface area contributed by atoms with Crippen LogP contribution in [0, 0.1) is 11.9 Å². The Morgan fingerprint density at radius 1 is 1.50 bits per heavy atom. The summed E-state index contributed by atoms with van der Waals surface area (Å²) in [4.78, 5) is 4.10. The standard InChI is InChI=1S/C13H11BrFN2O/c1-18-13-7-10(6-12(14)17-13)16-8-9-4-2-3-5-11(9)15/h2-3,5-7H,8H2,1H3,(H,16,17). The van der Waals surface area contributed by atoms with Crippen molar-refractivity contribution < 1.29 is 9.13 Å². The average Bonchev–Trinajstić information content (AvgIpc) is 2.37. The van der Waals surface area contributed by atoms with Gasteiger partial charge in [-0.05, 0) is 34.1 Å². The number of pyridine rings is 1. The Bertz CT molecular complexity index is 548. The molecule has 1 radical (unpaired) electrons. The van der Waals surface area contributed by atoms with Gasteiger partial charge < -0.3 is 10.1 Å². The maximum absolute atomic E-state index is 13.4. The quantitative estimate of drug-likeness (QED) is 0.879. The lowest BCUT2D eigenvalue weighted by Gasteiger charge is -2.08. The van der Waals surface area contributed by atoms with Crippen LogP contribution in [0.3, 0.4) is 0 Å². The van der Waals surface area contributed by atoms with Crippen molar-refractivity contribution in [3.8, 4) is 5.88 Å². The van der Waals surface area contributed by atoms with E-state index in [9.17, 15) is 4.39 Å². The van der Waals surface area contributed by atoms with Gasteiger partial charge in [-0.25, -0.2) is 9.37 Å². The summed E-state index contributed by atoms with van der Waals surface area (Å²) >= 11 is 3.28. The summed E-state index contributed by atoms with van der Waals surface area (Å²) in [5.41, 5.74) is 1.29. The SMILES string of the molecule is COc1cc(NCc2[c]cccc2F)cc(Br)n1. The molecule has 2 rings (SSSR count). The summed E-state index contributed by atoms with van der Waals surface area (Å²) in [5.74, 6) is 0.217. The van der Waals surface area contributed by atoms with Crippen LogP contribution in [0.5, 0.6) is 5.88 Å². The molecule has 0 amide bonds. The van der Waals surface area contributed by atoms with E-state index in [2.05, 4.69) is 32.3 Å². The first-order valence-electron chi connectivity index (χ1n) is 5.29. The van der Waals surface area contributed by atoms with Crippen molar-refractivity contribution in [1.29, 1.82) is 0 Å². The number of anilines is 1. The van der Waals surface area contributed by atoms with E-state index in [1.54, 1.807) is 31.4 Å². The van der Waals surface area contributed by atoms with Crippen LogP contribution in [0.15, 0.2) is 34.9 Å². The first-order chi connectivity index (χ1) is 8.69. The Kier molecular flexibility index (Phi) is 4.15. The molecule has 3 nitrogen and oxygen atoms in total. The highest BCUT2D eigenvalue weighted by Gasteiger charge is 2.03. The number of nitrogens with zero attached hydrogens (tertiary/aromatic N) is 1. The van der Waals surface area contributed by atoms with E-state index >= 15 is 0 Å². The van der Waals surface area contributed by atoms with Crippen LogP contribution in [0.4, 0.5) is 10.1 Å². The van der Waals surface area contributed by atoms with E-state index in [4.69, 9.17) is 4.74 Å². The molecule has 1 aromatic carbocycles. The largest absolute Gasteiger partial charge is 0.481 e. The first-order valence-corrected chi connectivity index (χ1v) is 6.09. The summed E-state index contributed by atoms with van der Waals surface area (Å²) in [5, 5.41) is 3.10. The fourth-order valence-electron chi connectivity index (χ4n) is 1.46. The maximum Gasteiger partial charge on any atom is 0.216 e. The van der Waals surface area contributed by atoms with Gasteiger partial charge in [0.15, 0.2) is 0 Å². The van der Waals surface area contributed by atoms with Gasteiger partial charge in [-0.1, -0.05) is 12.1 Å². The van der Waals surface area contributed by atoms with Crippen molar-refractivity contribution in [2.24, 2.45) is 0 Å². The molecule has 0 saturated heterocycles. The number of hydrogen-bond acceptors (Lipinski definition) is 3. The second-order valence-electron chi connectivity index (χ2n) is 3.57. The Morgan fingerprint density at radius 2 is 2.33 bits per heavy atom. The Morgan fingerprint density at radius 3 is 3.06 bits per heavy atom. The molecule has 0 atom stereocenters. The molecule has 0 spiro atoms. The van der Waals surface area contributed by atoms with E-state index in [1.807, 2.05) is 0 Å². The van der Waals surface area contributed by atoms with Crippen molar-refractivity contribution >= 4 is 21.6 Å². The number of nitrogens with one attached hydrogen (secondary N) is 1. The average molecular weight is 310 g/mol. The van der Waals surface area contributed by atoms with Gasteiger partial charge in [0.05, 0.1) is 7.11 Å². The number of methoxy groups -OCH3 is 1. The van der Waals surface area contributed by atoms with Crippen molar-refractivity contribution in [3.05, 3.63) is 52.4 Å². The van der Waals surface area contributed by atoms with Crippen LogP contribution in [0.25, 0.3) is 0 Å². The summed E-state index contributed by atoms with van der Waals surface area (Å²) in [7, 11) is 1.54. The van der Waals surface area contributed by atoms with Crippen molar-refractivity contribution in [3.63, 3.8) is 0 Å². The van der Waals surface area contributed by atoms with Crippen molar-refractivity contribution in [1.82, 2.24) is 4.98 Å². The Hall–Kier alpha value is -1.62. The molecule has 0 unspecified atom stereocenters. The number of rotatable bonds is 4. The van der Waals surface area contributed by atoms with Crippen molar-refractivity contribution in [2.75, 3.05) is 12.4 Å². The summed E-state index contributed by atoms with van der Waals surface area (Å²) in [6.07, 6.45) is 0. The molecule has 0 saturated carbocycles. The minimum Gasteiger partial charge on any atom is -0.481 e. The summed E-state index contributed by atoms with van der Waals surface area (Å²) < 4.78 is 19.1. The lowest BCUT2D eigenvalue weighted by atomic mass is 10.2. The van der Waals surface area contributed by atoms with Gasteiger partial charge in [0, 0.05) is 23.9 Å². The van der Waals surface area contributed by atoms with Crippen LogP contribution < -0.4 is 10.1 Å². The first kappa shape index (κ1) is 12.8. The monoisotopic (exact) mass is 309 g/mol. The third-order valence-electron chi connectivity index (χ3n) is 2.33. The van der Waals surface area contributed by atoms with E-state index in [1.165, 1.54) is 6.07 Å². The third kappa shape index (κ3) is 3.20. The number of aromatic nitrogens is 1. The molecule has 5 heteroatoms. The van der Waals surface area contributed by atoms with Crippen LogP contribution in [-0.2, 0) is 6.54 Å². The molecule has 0 aliphatic rings. The molecule has 2 aromatic rings. The third-order valence-corrected chi connectivity index (χ3v) is 2.74. The zero-order chi connectivity index (χ0) is 13.0. The molecular formula is C13H11BrFN2O. The Balaban J connectivity index is 2.11. The topological polar surface area (TPSA) is 34.1 Å². The molecule has 1 N–H and O–H groups in total. The van der Waals surface area contributed by atoms with E-state index in [-0.39, 0.29) is 5.82 Å². The van der Waals surface area contributed by atoms with E-state index < -0.39 is 0 Å². The maximum atomic E-state index is 13.4. The summed E-state index contributed by atoms with van der Waals surface area (Å²) in [6.45, 7) is 0.353. The van der Waals surface area contributed by atoms with Gasteiger partial charge in [0.1, 0.15) is 10.4 Å². The van der Waals surface area contributed by atoms with Gasteiger partial charge in [-0.3, -0.25) is 0 Å². The molecule has 18 heavy (non-hydrogen) atoms. The zero-order valence-electron chi connectivity index (χ0n) is 9.71. The highest BCUT2D eigenvalue weighted by atomic mass is 79.9. The zero-order valence-corrected chi connectivity index (χ0v) is 11.3. The smallest absolute Gasteiger partial charge is 0.216 e. The molecule has 93 valence electrons. The normalized spacial score (nSPS) is 10.2. The van der Waals surface area contributed by atoms with E-state index in [0.717, 1.165) is 5.69 Å². The molecule has 0 aliphatic carbocycles. The lowest BCUT2D eigenvalue weighted by Crippen LogP contribution is -2.02. The van der Waals surface area contributed by atoms with Gasteiger partial charge in [-0.15, -0.1) is 0 Å². The second kappa shape index (κ2) is 5.82. The van der Waals surface area contributed by atoms with Gasteiger partial charge in [0.25, 0.3) is 0 Å². The summed E-state index contributed by atoms with van der Waals surface area (Å²) in [6, 6.07) is 11.1. The van der Waals surface area contributed by atoms with Crippen LogP contribution >= 0.6 is 15.9 Å². The van der Waals surface area contributed by atoms with Gasteiger partial charge in [0.2, 0.25) is 5.88 Å². The minimum absolute atomic E-state index is 0.273. The number of ether oxygens (including phenoxy) is 1. The number of hydrogen-bond donors (Lipinski definition) is 1. The molecule has 1 heterocycles. The van der Waals surface area contributed by atoms with Crippen LogP contribution in [0.2, 0.25) is 0 Å². The van der Waals surface area contributed by atoms with E-state index in [0.29, 0.717) is 22.6 Å². The molecule has 0 fully saturated rings. The highest BCUT2D eigenvalue weighted by molar-refractivity contribution is 9.10. The molecule has 1 aromatic heterocycles. The fraction of sp³-hybridized carbons (Fsp3) is 0.154. The molecule has 0 bridgehead atoms. The van der Waals surface area contributed by atoms with Crippen molar-refractivity contribution in [2.45, 2.75) is 6.54 Å². The van der Waals surface area contributed by atoms with Gasteiger partial charge in [-0.2, -0.15) is 0 Å². The second-order valence-corrected chi connectivity index (χ2v) is 4.38. The lowest BCUT2D eigenvalue weighted by molar-refractivity contribution is 0.397. The molecular weight excluding hydrogens is 299 g/mol. The Labute approximate surface area is 113 Å². The molecule has 0 aliphatic heterocycles. The van der Waals surface area contributed by atoms with Crippen LogP contribution in [-0.4, -0.2) is 12.1 Å². The minimum atomic E-state index is -0.273. The van der Waals surface area contributed by atoms with Crippen LogP contribution in [0.1, 0.15) is 5.56 Å².